The fraction of sp³-hybridized carbons (Fsp3) is 0.273. The highest BCUT2D eigenvalue weighted by atomic mass is 16.5. The molecule has 0 amide bonds. The van der Waals surface area contributed by atoms with Crippen LogP contribution in [0.3, 0.4) is 0 Å². The monoisotopic (exact) mass is 220 g/mol. The van der Waals surface area contributed by atoms with Gasteiger partial charge in [0.25, 0.3) is 0 Å². The number of carbonyl (C=O) groups excluding carboxylic acids is 1. The lowest BCUT2D eigenvalue weighted by Crippen LogP contribution is -2.00. The molecule has 1 aromatic rings. The molecular formula is C11H12N2O3. The van der Waals surface area contributed by atoms with Crippen LogP contribution in [0.15, 0.2) is 12.1 Å². The summed E-state index contributed by atoms with van der Waals surface area (Å²) in [5.41, 5.74) is 6.40. The van der Waals surface area contributed by atoms with Crippen molar-refractivity contribution in [1.29, 1.82) is 0 Å². The average molecular weight is 220 g/mol. The fourth-order valence-corrected chi connectivity index (χ4v) is 0.967. The Morgan fingerprint density at radius 3 is 2.94 bits per heavy atom. The first-order valence-corrected chi connectivity index (χ1v) is 4.66. The van der Waals surface area contributed by atoms with Crippen LogP contribution in [0.4, 0.5) is 5.69 Å². The van der Waals surface area contributed by atoms with E-state index < -0.39 is 5.97 Å². The van der Waals surface area contributed by atoms with Crippen LogP contribution in [-0.4, -0.2) is 24.7 Å². The third-order valence-electron chi connectivity index (χ3n) is 1.65. The van der Waals surface area contributed by atoms with E-state index in [-0.39, 0.29) is 5.88 Å². The Balaban J connectivity index is 2.85. The van der Waals surface area contributed by atoms with Gasteiger partial charge in [-0.15, -0.1) is 0 Å². The molecule has 0 atom stereocenters. The lowest BCUT2D eigenvalue weighted by atomic mass is 10.3. The quantitative estimate of drug-likeness (QED) is 0.583. The molecule has 1 heterocycles. The Labute approximate surface area is 93.6 Å². The first kappa shape index (κ1) is 11.9. The molecule has 84 valence electrons. The SMILES string of the molecule is CCOC(=O)C#Cc1ccc(N)c(OC)n1. The summed E-state index contributed by atoms with van der Waals surface area (Å²) in [4.78, 5) is 15.0. The van der Waals surface area contributed by atoms with Gasteiger partial charge in [-0.1, -0.05) is 0 Å². The van der Waals surface area contributed by atoms with E-state index in [9.17, 15) is 4.79 Å². The van der Waals surface area contributed by atoms with Gasteiger partial charge < -0.3 is 15.2 Å². The van der Waals surface area contributed by atoms with E-state index in [4.69, 9.17) is 10.5 Å². The van der Waals surface area contributed by atoms with E-state index in [1.54, 1.807) is 19.1 Å². The van der Waals surface area contributed by atoms with E-state index in [1.165, 1.54) is 7.11 Å². The first-order valence-electron chi connectivity index (χ1n) is 4.66. The van der Waals surface area contributed by atoms with Gasteiger partial charge in [0.1, 0.15) is 5.69 Å². The van der Waals surface area contributed by atoms with Crippen molar-refractivity contribution in [2.45, 2.75) is 6.92 Å². The normalized spacial score (nSPS) is 8.88. The van der Waals surface area contributed by atoms with Gasteiger partial charge in [-0.3, -0.25) is 0 Å². The molecule has 0 bridgehead atoms. The highest BCUT2D eigenvalue weighted by Crippen LogP contribution is 2.16. The molecule has 0 fully saturated rings. The first-order chi connectivity index (χ1) is 7.67. The van der Waals surface area contributed by atoms with E-state index in [0.717, 1.165) is 0 Å². The van der Waals surface area contributed by atoms with Crippen LogP contribution >= 0.6 is 0 Å². The summed E-state index contributed by atoms with van der Waals surface area (Å²) in [7, 11) is 1.46. The Kier molecular flexibility index (Phi) is 4.16. The number of nitrogens with two attached hydrogens (primary N) is 1. The molecule has 5 nitrogen and oxygen atoms in total. The number of methoxy groups -OCH3 is 1. The summed E-state index contributed by atoms with van der Waals surface area (Å²) in [6, 6.07) is 3.21. The van der Waals surface area contributed by atoms with Crippen molar-refractivity contribution in [3.8, 4) is 17.7 Å². The maximum atomic E-state index is 11.0. The van der Waals surface area contributed by atoms with Gasteiger partial charge in [0.15, 0.2) is 0 Å². The standard InChI is InChI=1S/C11H12N2O3/c1-3-16-10(14)7-5-8-4-6-9(12)11(13-8)15-2/h4,6H,3,12H2,1-2H3. The van der Waals surface area contributed by atoms with Gasteiger partial charge in [0.2, 0.25) is 5.88 Å². The van der Waals surface area contributed by atoms with E-state index in [1.807, 2.05) is 0 Å². The van der Waals surface area contributed by atoms with Gasteiger partial charge in [-0.25, -0.2) is 9.78 Å². The lowest BCUT2D eigenvalue weighted by molar-refractivity contribution is -0.136. The summed E-state index contributed by atoms with van der Waals surface area (Å²) in [5.74, 6) is 4.56. The summed E-state index contributed by atoms with van der Waals surface area (Å²) >= 11 is 0. The Bertz CT molecular complexity index is 446. The number of esters is 1. The molecule has 0 saturated carbocycles. The van der Waals surface area contributed by atoms with Gasteiger partial charge in [-0.05, 0) is 25.0 Å². The second-order valence-corrected chi connectivity index (χ2v) is 2.77. The molecular weight excluding hydrogens is 208 g/mol. The molecule has 1 rings (SSSR count). The van der Waals surface area contributed by atoms with Gasteiger partial charge in [-0.2, -0.15) is 0 Å². The minimum atomic E-state index is -0.583. The topological polar surface area (TPSA) is 74.4 Å². The van der Waals surface area contributed by atoms with Crippen molar-refractivity contribution in [2.75, 3.05) is 19.5 Å². The Morgan fingerprint density at radius 2 is 2.31 bits per heavy atom. The number of ether oxygens (including phenoxy) is 2. The third kappa shape index (κ3) is 3.17. The molecule has 0 aliphatic carbocycles. The molecule has 2 N–H and O–H groups in total. The number of hydrogen-bond acceptors (Lipinski definition) is 5. The highest BCUT2D eigenvalue weighted by molar-refractivity contribution is 5.89. The lowest BCUT2D eigenvalue weighted by Gasteiger charge is -2.01. The number of nitrogen functional groups attached to an aromatic ring is 1. The van der Waals surface area contributed by atoms with E-state index in [2.05, 4.69) is 21.6 Å². The molecule has 0 spiro atoms. The zero-order valence-corrected chi connectivity index (χ0v) is 9.11. The largest absolute Gasteiger partial charge is 0.479 e. The number of anilines is 1. The second kappa shape index (κ2) is 5.61. The summed E-state index contributed by atoms with van der Waals surface area (Å²) < 4.78 is 9.57. The Hall–Kier alpha value is -2.22. The predicted molar refractivity (Wildman–Crippen MR) is 58.7 cm³/mol. The van der Waals surface area contributed by atoms with Gasteiger partial charge in [0.05, 0.1) is 19.4 Å². The van der Waals surface area contributed by atoms with Crippen molar-refractivity contribution < 1.29 is 14.3 Å². The van der Waals surface area contributed by atoms with Crippen molar-refractivity contribution in [2.24, 2.45) is 0 Å². The van der Waals surface area contributed by atoms with Crippen LogP contribution in [0.2, 0.25) is 0 Å². The van der Waals surface area contributed by atoms with Crippen LogP contribution < -0.4 is 10.5 Å². The second-order valence-electron chi connectivity index (χ2n) is 2.77. The predicted octanol–water partition coefficient (Wildman–Crippen LogP) is 0.587. The molecule has 5 heteroatoms. The summed E-state index contributed by atoms with van der Waals surface area (Å²) in [5, 5.41) is 0. The number of nitrogens with zero attached hydrogens (tertiary/aromatic N) is 1. The van der Waals surface area contributed by atoms with E-state index >= 15 is 0 Å². The number of aromatic nitrogens is 1. The van der Waals surface area contributed by atoms with Crippen molar-refractivity contribution in [1.82, 2.24) is 4.98 Å². The maximum Gasteiger partial charge on any atom is 0.384 e. The van der Waals surface area contributed by atoms with Crippen LogP contribution in [0.5, 0.6) is 5.88 Å². The Morgan fingerprint density at radius 1 is 1.56 bits per heavy atom. The molecule has 16 heavy (non-hydrogen) atoms. The van der Waals surface area contributed by atoms with Gasteiger partial charge in [0, 0.05) is 5.92 Å². The molecule has 0 aliphatic rings. The van der Waals surface area contributed by atoms with Crippen LogP contribution in [0.1, 0.15) is 12.6 Å². The van der Waals surface area contributed by atoms with Crippen LogP contribution in [-0.2, 0) is 9.53 Å². The number of carbonyl (C=O) groups is 1. The van der Waals surface area contributed by atoms with Crippen molar-refractivity contribution in [3.05, 3.63) is 17.8 Å². The third-order valence-corrected chi connectivity index (χ3v) is 1.65. The molecule has 0 saturated heterocycles. The fourth-order valence-electron chi connectivity index (χ4n) is 0.967. The zero-order valence-electron chi connectivity index (χ0n) is 9.11. The number of pyridine rings is 1. The minimum absolute atomic E-state index is 0.288. The maximum absolute atomic E-state index is 11.0. The number of hydrogen-bond donors (Lipinski definition) is 1. The molecule has 0 radical (unpaired) electrons. The molecule has 0 aromatic carbocycles. The van der Waals surface area contributed by atoms with Crippen LogP contribution in [0.25, 0.3) is 0 Å². The molecule has 1 aromatic heterocycles. The van der Waals surface area contributed by atoms with Crippen molar-refractivity contribution in [3.63, 3.8) is 0 Å². The van der Waals surface area contributed by atoms with E-state index in [0.29, 0.717) is 18.0 Å². The molecule has 0 unspecified atom stereocenters. The molecule has 0 aliphatic heterocycles. The van der Waals surface area contributed by atoms with Crippen molar-refractivity contribution >= 4 is 11.7 Å². The number of rotatable bonds is 2. The summed E-state index contributed by atoms with van der Waals surface area (Å²) in [6.07, 6.45) is 0. The minimum Gasteiger partial charge on any atom is -0.479 e. The van der Waals surface area contributed by atoms with Crippen LogP contribution in [0, 0.1) is 11.8 Å². The summed E-state index contributed by atoms with van der Waals surface area (Å²) in [6.45, 7) is 2.01. The highest BCUT2D eigenvalue weighted by Gasteiger charge is 2.01. The van der Waals surface area contributed by atoms with Gasteiger partial charge >= 0.3 is 5.97 Å². The average Bonchev–Trinajstić information content (AvgIpc) is 2.28. The zero-order chi connectivity index (χ0) is 12.0. The smallest absolute Gasteiger partial charge is 0.384 e.